The van der Waals surface area contributed by atoms with Crippen LogP contribution in [0.3, 0.4) is 0 Å². The van der Waals surface area contributed by atoms with E-state index in [2.05, 4.69) is 31.2 Å². The average Bonchev–Trinajstić information content (AvgIpc) is 2.57. The Morgan fingerprint density at radius 2 is 2.00 bits per heavy atom. The number of hydrogen-bond donors (Lipinski definition) is 4. The summed E-state index contributed by atoms with van der Waals surface area (Å²) in [7, 11) is 0. The summed E-state index contributed by atoms with van der Waals surface area (Å²) in [4.78, 5) is 27.8. The lowest BCUT2D eigenvalue weighted by Gasteiger charge is -2.09. The van der Waals surface area contributed by atoms with Gasteiger partial charge >= 0.3 is 5.69 Å². The zero-order valence-corrected chi connectivity index (χ0v) is 10.6. The Balaban J connectivity index is 2.43. The quantitative estimate of drug-likeness (QED) is 0.662. The van der Waals surface area contributed by atoms with Crippen molar-refractivity contribution in [2.75, 3.05) is 5.32 Å². The highest BCUT2D eigenvalue weighted by molar-refractivity contribution is 9.10. The van der Waals surface area contributed by atoms with Crippen molar-refractivity contribution in [3.63, 3.8) is 0 Å². The number of carbonyl (C=O) groups is 1. The maximum Gasteiger partial charge on any atom is 0.323 e. The van der Waals surface area contributed by atoms with Gasteiger partial charge in [-0.25, -0.2) is 4.79 Å². The topological polar surface area (TPSA) is 104 Å². The lowest BCUT2D eigenvalue weighted by molar-refractivity contribution is -0.117. The van der Waals surface area contributed by atoms with E-state index in [0.717, 1.165) is 0 Å². The molecule has 0 aliphatic rings. The molecule has 17 heavy (non-hydrogen) atoms. The summed E-state index contributed by atoms with van der Waals surface area (Å²) in [6, 6.07) is 2.78. The molecule has 1 heterocycles. The minimum absolute atomic E-state index is 0.289. The highest BCUT2D eigenvalue weighted by Gasteiger charge is 2.11. The zero-order valence-electron chi connectivity index (χ0n) is 9.00. The van der Waals surface area contributed by atoms with Crippen molar-refractivity contribution in [3.05, 3.63) is 27.1 Å². The van der Waals surface area contributed by atoms with Crippen LogP contribution in [0.4, 0.5) is 5.69 Å². The van der Waals surface area contributed by atoms with Gasteiger partial charge in [-0.05, 0) is 35.0 Å². The number of nitrogens with one attached hydrogen (secondary N) is 3. The summed E-state index contributed by atoms with van der Waals surface area (Å²) in [6.45, 7) is 1.60. The largest absolute Gasteiger partial charge is 0.324 e. The zero-order chi connectivity index (χ0) is 12.6. The second kappa shape index (κ2) is 4.34. The van der Waals surface area contributed by atoms with Crippen LogP contribution in [0.5, 0.6) is 0 Å². The average molecular weight is 299 g/mol. The van der Waals surface area contributed by atoms with Gasteiger partial charge in [-0.2, -0.15) is 0 Å². The molecule has 0 bridgehead atoms. The number of halogens is 1. The molecular weight excluding hydrogens is 288 g/mol. The van der Waals surface area contributed by atoms with Gasteiger partial charge in [0.15, 0.2) is 0 Å². The van der Waals surface area contributed by atoms with Crippen molar-refractivity contribution in [3.8, 4) is 0 Å². The molecule has 0 unspecified atom stereocenters. The summed E-state index contributed by atoms with van der Waals surface area (Å²) in [5.41, 5.74) is 7.03. The fourth-order valence-electron chi connectivity index (χ4n) is 1.40. The van der Waals surface area contributed by atoms with E-state index in [1.807, 2.05) is 0 Å². The lowest BCUT2D eigenvalue weighted by atomic mass is 10.2. The minimum atomic E-state index is -0.595. The van der Waals surface area contributed by atoms with Crippen molar-refractivity contribution in [2.45, 2.75) is 13.0 Å². The van der Waals surface area contributed by atoms with E-state index in [1.165, 1.54) is 0 Å². The Morgan fingerprint density at radius 1 is 1.41 bits per heavy atom. The van der Waals surface area contributed by atoms with Crippen LogP contribution in [0.1, 0.15) is 6.92 Å². The van der Waals surface area contributed by atoms with Gasteiger partial charge in [0.25, 0.3) is 0 Å². The Hall–Kier alpha value is -1.60. The molecule has 1 aromatic carbocycles. The van der Waals surface area contributed by atoms with E-state index in [1.54, 1.807) is 19.1 Å². The molecule has 0 spiro atoms. The normalized spacial score (nSPS) is 12.6. The van der Waals surface area contributed by atoms with E-state index in [4.69, 9.17) is 5.73 Å². The van der Waals surface area contributed by atoms with Gasteiger partial charge < -0.3 is 21.0 Å². The van der Waals surface area contributed by atoms with Crippen LogP contribution in [0.2, 0.25) is 0 Å². The number of benzene rings is 1. The number of imidazole rings is 1. The van der Waals surface area contributed by atoms with Gasteiger partial charge in [0.2, 0.25) is 5.91 Å². The molecule has 2 rings (SSSR count). The van der Waals surface area contributed by atoms with Crippen LogP contribution in [0.15, 0.2) is 21.4 Å². The number of aromatic nitrogens is 2. The van der Waals surface area contributed by atoms with Crippen LogP contribution in [0.25, 0.3) is 11.0 Å². The molecule has 6 nitrogen and oxygen atoms in total. The van der Waals surface area contributed by atoms with Crippen LogP contribution in [0, 0.1) is 0 Å². The SMILES string of the molecule is C[C@H](N)C(=O)Nc1cc2[nH]c(=O)[nH]c2cc1Br. The third-order valence-electron chi connectivity index (χ3n) is 2.28. The maximum atomic E-state index is 11.5. The van der Waals surface area contributed by atoms with Gasteiger partial charge in [0.05, 0.1) is 22.8 Å². The highest BCUT2D eigenvalue weighted by atomic mass is 79.9. The first-order valence-electron chi connectivity index (χ1n) is 4.95. The fourth-order valence-corrected chi connectivity index (χ4v) is 1.84. The summed E-state index contributed by atoms with van der Waals surface area (Å²) in [5, 5.41) is 2.66. The molecule has 2 aromatic rings. The number of hydrogen-bond acceptors (Lipinski definition) is 3. The molecule has 0 saturated carbocycles. The summed E-state index contributed by atoms with van der Waals surface area (Å²) < 4.78 is 0.675. The van der Waals surface area contributed by atoms with Gasteiger partial charge in [0, 0.05) is 4.47 Å². The third-order valence-corrected chi connectivity index (χ3v) is 2.93. The Kier molecular flexibility index (Phi) is 3.03. The molecule has 7 heteroatoms. The Labute approximate surface area is 105 Å². The van der Waals surface area contributed by atoms with Gasteiger partial charge in [-0.15, -0.1) is 0 Å². The molecule has 0 aliphatic carbocycles. The molecule has 0 aliphatic heterocycles. The van der Waals surface area contributed by atoms with Gasteiger partial charge in [-0.3, -0.25) is 4.79 Å². The molecule has 0 radical (unpaired) electrons. The minimum Gasteiger partial charge on any atom is -0.324 e. The first kappa shape index (κ1) is 11.9. The van der Waals surface area contributed by atoms with Crippen LogP contribution >= 0.6 is 15.9 Å². The van der Waals surface area contributed by atoms with E-state index in [9.17, 15) is 9.59 Å². The Bertz CT molecular complexity index is 629. The highest BCUT2D eigenvalue weighted by Crippen LogP contribution is 2.26. The van der Waals surface area contributed by atoms with E-state index in [-0.39, 0.29) is 11.6 Å². The molecule has 1 aromatic heterocycles. The number of nitrogens with two attached hydrogens (primary N) is 1. The fraction of sp³-hybridized carbons (Fsp3) is 0.200. The van der Waals surface area contributed by atoms with Crippen LogP contribution in [-0.4, -0.2) is 21.9 Å². The number of fused-ring (bicyclic) bond motifs is 1. The van der Waals surface area contributed by atoms with E-state index >= 15 is 0 Å². The standard InChI is InChI=1S/C10H11BrN4O2/c1-4(12)9(16)13-6-3-8-7(2-5(6)11)14-10(17)15-8/h2-4H,12H2,1H3,(H,13,16)(H2,14,15,17)/t4-/m0/s1. The van der Waals surface area contributed by atoms with Crippen molar-refractivity contribution >= 4 is 38.6 Å². The second-order valence-corrected chi connectivity index (χ2v) is 4.59. The molecule has 5 N–H and O–H groups in total. The number of rotatable bonds is 2. The van der Waals surface area contributed by atoms with Crippen molar-refractivity contribution in [1.29, 1.82) is 0 Å². The van der Waals surface area contributed by atoms with Gasteiger partial charge in [0.1, 0.15) is 0 Å². The number of H-pyrrole nitrogens is 2. The first-order chi connectivity index (χ1) is 7.97. The number of carbonyl (C=O) groups excluding carboxylic acids is 1. The summed E-state index contributed by atoms with van der Waals surface area (Å²) in [5.74, 6) is -0.289. The molecule has 0 fully saturated rings. The Morgan fingerprint density at radius 3 is 2.59 bits per heavy atom. The van der Waals surface area contributed by atoms with Crippen molar-refractivity contribution < 1.29 is 4.79 Å². The van der Waals surface area contributed by atoms with Crippen molar-refractivity contribution in [1.82, 2.24) is 9.97 Å². The predicted octanol–water partition coefficient (Wildman–Crippen LogP) is 0.904. The molecule has 1 amide bonds. The monoisotopic (exact) mass is 298 g/mol. The summed E-state index contributed by atoms with van der Waals surface area (Å²) >= 11 is 3.31. The molecule has 0 saturated heterocycles. The van der Waals surface area contributed by atoms with Crippen molar-refractivity contribution in [2.24, 2.45) is 5.73 Å². The lowest BCUT2D eigenvalue weighted by Crippen LogP contribution is -2.32. The van der Waals surface area contributed by atoms with Gasteiger partial charge in [-0.1, -0.05) is 0 Å². The maximum absolute atomic E-state index is 11.5. The first-order valence-corrected chi connectivity index (χ1v) is 5.74. The van der Waals surface area contributed by atoms with E-state index in [0.29, 0.717) is 21.2 Å². The number of amides is 1. The summed E-state index contributed by atoms with van der Waals surface area (Å²) in [6.07, 6.45) is 0. The van der Waals surface area contributed by atoms with Crippen LogP contribution < -0.4 is 16.7 Å². The second-order valence-electron chi connectivity index (χ2n) is 3.73. The number of anilines is 1. The van der Waals surface area contributed by atoms with Crippen LogP contribution in [-0.2, 0) is 4.79 Å². The molecule has 90 valence electrons. The van der Waals surface area contributed by atoms with E-state index < -0.39 is 6.04 Å². The third kappa shape index (κ3) is 2.40. The molecular formula is C10H11BrN4O2. The predicted molar refractivity (Wildman–Crippen MR) is 68.9 cm³/mol. The smallest absolute Gasteiger partial charge is 0.323 e. The molecule has 1 atom stereocenters. The number of aromatic amines is 2.